The molecule has 0 fully saturated rings. The maximum absolute atomic E-state index is 13.6. The largest absolute Gasteiger partial charge is 0.464 e. The molecule has 0 spiro atoms. The van der Waals surface area contributed by atoms with Crippen LogP contribution in [0.25, 0.3) is 0 Å². The van der Waals surface area contributed by atoms with Crippen LogP contribution in [0.3, 0.4) is 0 Å². The molecule has 0 amide bonds. The van der Waals surface area contributed by atoms with E-state index in [1.165, 1.54) is 24.1 Å². The van der Waals surface area contributed by atoms with E-state index in [1.54, 1.807) is 12.1 Å². The van der Waals surface area contributed by atoms with E-state index < -0.39 is 11.8 Å². The van der Waals surface area contributed by atoms with Gasteiger partial charge in [-0.1, -0.05) is 28.9 Å². The third-order valence-electron chi connectivity index (χ3n) is 2.30. The SMILES string of the molecule is COC(=O)c1cn(Cc2cccc(Cl)c2F)nn1. The van der Waals surface area contributed by atoms with Crippen molar-refractivity contribution in [2.24, 2.45) is 0 Å². The molecule has 18 heavy (non-hydrogen) atoms. The minimum Gasteiger partial charge on any atom is -0.464 e. The molecular weight excluding hydrogens is 261 g/mol. The molecule has 7 heteroatoms. The number of hydrogen-bond donors (Lipinski definition) is 0. The number of ether oxygens (including phenoxy) is 1. The van der Waals surface area contributed by atoms with Crippen LogP contribution in [-0.4, -0.2) is 28.1 Å². The Labute approximate surface area is 107 Å². The van der Waals surface area contributed by atoms with Crippen molar-refractivity contribution in [3.63, 3.8) is 0 Å². The minimum atomic E-state index is -0.590. The van der Waals surface area contributed by atoms with Crippen LogP contribution >= 0.6 is 11.6 Å². The highest BCUT2D eigenvalue weighted by molar-refractivity contribution is 6.30. The molecule has 2 aromatic rings. The zero-order chi connectivity index (χ0) is 13.1. The highest BCUT2D eigenvalue weighted by Crippen LogP contribution is 2.18. The number of nitrogens with zero attached hydrogens (tertiary/aromatic N) is 3. The predicted octanol–water partition coefficient (Wildman–Crippen LogP) is 1.91. The number of benzene rings is 1. The monoisotopic (exact) mass is 269 g/mol. The van der Waals surface area contributed by atoms with Crippen LogP contribution < -0.4 is 0 Å². The lowest BCUT2D eigenvalue weighted by molar-refractivity contribution is 0.0594. The van der Waals surface area contributed by atoms with E-state index >= 15 is 0 Å². The van der Waals surface area contributed by atoms with Gasteiger partial charge in [-0.05, 0) is 6.07 Å². The number of methoxy groups -OCH3 is 1. The zero-order valence-electron chi connectivity index (χ0n) is 9.43. The molecular formula is C11H9ClFN3O2. The molecule has 94 valence electrons. The first kappa shape index (κ1) is 12.5. The van der Waals surface area contributed by atoms with Crippen LogP contribution in [-0.2, 0) is 11.3 Å². The summed E-state index contributed by atoms with van der Waals surface area (Å²) < 4.78 is 19.5. The first-order valence-corrected chi connectivity index (χ1v) is 5.41. The van der Waals surface area contributed by atoms with Gasteiger partial charge in [-0.15, -0.1) is 5.10 Å². The van der Waals surface area contributed by atoms with E-state index in [-0.39, 0.29) is 17.3 Å². The molecule has 0 N–H and O–H groups in total. The third-order valence-corrected chi connectivity index (χ3v) is 2.59. The van der Waals surface area contributed by atoms with Crippen molar-refractivity contribution in [1.82, 2.24) is 15.0 Å². The molecule has 0 aliphatic heterocycles. The fourth-order valence-electron chi connectivity index (χ4n) is 1.42. The van der Waals surface area contributed by atoms with Crippen molar-refractivity contribution in [1.29, 1.82) is 0 Å². The minimum absolute atomic E-state index is 0.0424. The van der Waals surface area contributed by atoms with Crippen LogP contribution in [0.2, 0.25) is 5.02 Å². The number of hydrogen-bond acceptors (Lipinski definition) is 4. The maximum Gasteiger partial charge on any atom is 0.360 e. The second-order valence-electron chi connectivity index (χ2n) is 3.51. The number of halogens is 2. The Hall–Kier alpha value is -1.95. The van der Waals surface area contributed by atoms with E-state index in [0.717, 1.165) is 0 Å². The lowest BCUT2D eigenvalue weighted by atomic mass is 10.2. The average molecular weight is 270 g/mol. The van der Waals surface area contributed by atoms with Crippen LogP contribution in [0.1, 0.15) is 16.1 Å². The molecule has 1 aromatic heterocycles. The summed E-state index contributed by atoms with van der Waals surface area (Å²) in [4.78, 5) is 11.2. The highest BCUT2D eigenvalue weighted by atomic mass is 35.5. The van der Waals surface area contributed by atoms with Crippen LogP contribution in [0, 0.1) is 5.82 Å². The number of carbonyl (C=O) groups is 1. The zero-order valence-corrected chi connectivity index (χ0v) is 10.2. The molecule has 1 aromatic carbocycles. The summed E-state index contributed by atoms with van der Waals surface area (Å²) in [6.07, 6.45) is 1.38. The summed E-state index contributed by atoms with van der Waals surface area (Å²) in [5, 5.41) is 7.37. The van der Waals surface area contributed by atoms with Gasteiger partial charge in [0.2, 0.25) is 0 Å². The van der Waals surface area contributed by atoms with Crippen molar-refractivity contribution < 1.29 is 13.9 Å². The molecule has 0 unspecified atom stereocenters. The van der Waals surface area contributed by atoms with Crippen molar-refractivity contribution in [3.05, 3.63) is 46.5 Å². The van der Waals surface area contributed by atoms with Crippen molar-refractivity contribution in [3.8, 4) is 0 Å². The van der Waals surface area contributed by atoms with Gasteiger partial charge in [-0.3, -0.25) is 0 Å². The molecule has 0 atom stereocenters. The lowest BCUT2D eigenvalue weighted by Gasteiger charge is -2.03. The quantitative estimate of drug-likeness (QED) is 0.799. The van der Waals surface area contributed by atoms with Gasteiger partial charge in [-0.2, -0.15) is 0 Å². The average Bonchev–Trinajstić information content (AvgIpc) is 2.82. The van der Waals surface area contributed by atoms with E-state index in [4.69, 9.17) is 11.6 Å². The fraction of sp³-hybridized carbons (Fsp3) is 0.182. The standard InChI is InChI=1S/C11H9ClFN3O2/c1-18-11(17)9-6-16(15-14-9)5-7-3-2-4-8(12)10(7)13/h2-4,6H,5H2,1H3. The van der Waals surface area contributed by atoms with Gasteiger partial charge in [-0.25, -0.2) is 13.9 Å². The Morgan fingerprint density at radius 2 is 2.33 bits per heavy atom. The maximum atomic E-state index is 13.6. The predicted molar refractivity (Wildman–Crippen MR) is 61.9 cm³/mol. The van der Waals surface area contributed by atoms with E-state index in [9.17, 15) is 9.18 Å². The molecule has 5 nitrogen and oxygen atoms in total. The van der Waals surface area contributed by atoms with Crippen molar-refractivity contribution >= 4 is 17.6 Å². The Balaban J connectivity index is 2.21. The number of aromatic nitrogens is 3. The first-order chi connectivity index (χ1) is 8.61. The van der Waals surface area contributed by atoms with Gasteiger partial charge in [0.1, 0.15) is 5.82 Å². The Morgan fingerprint density at radius 3 is 3.06 bits per heavy atom. The van der Waals surface area contributed by atoms with Crippen LogP contribution in [0.15, 0.2) is 24.4 Å². The van der Waals surface area contributed by atoms with Crippen molar-refractivity contribution in [2.75, 3.05) is 7.11 Å². The Bertz CT molecular complexity index is 585. The smallest absolute Gasteiger partial charge is 0.360 e. The van der Waals surface area contributed by atoms with Gasteiger partial charge in [0.05, 0.1) is 24.9 Å². The highest BCUT2D eigenvalue weighted by Gasteiger charge is 2.12. The lowest BCUT2D eigenvalue weighted by Crippen LogP contribution is -2.03. The molecule has 0 aliphatic carbocycles. The summed E-state index contributed by atoms with van der Waals surface area (Å²) in [5.41, 5.74) is 0.434. The summed E-state index contributed by atoms with van der Waals surface area (Å²) in [5.74, 6) is -1.10. The van der Waals surface area contributed by atoms with Gasteiger partial charge >= 0.3 is 5.97 Å². The van der Waals surface area contributed by atoms with E-state index in [0.29, 0.717) is 5.56 Å². The molecule has 1 heterocycles. The van der Waals surface area contributed by atoms with Crippen LogP contribution in [0.4, 0.5) is 4.39 Å². The Morgan fingerprint density at radius 1 is 1.56 bits per heavy atom. The molecule has 2 rings (SSSR count). The summed E-state index contributed by atoms with van der Waals surface area (Å²) >= 11 is 5.66. The normalized spacial score (nSPS) is 10.4. The Kier molecular flexibility index (Phi) is 3.57. The van der Waals surface area contributed by atoms with E-state index in [1.807, 2.05) is 0 Å². The molecule has 0 aliphatic rings. The summed E-state index contributed by atoms with van der Waals surface area (Å²) in [6.45, 7) is 0.135. The van der Waals surface area contributed by atoms with Gasteiger partial charge < -0.3 is 4.74 Å². The molecule has 0 bridgehead atoms. The van der Waals surface area contributed by atoms with Gasteiger partial charge in [0, 0.05) is 5.56 Å². The summed E-state index contributed by atoms with van der Waals surface area (Å²) in [7, 11) is 1.25. The van der Waals surface area contributed by atoms with Crippen molar-refractivity contribution in [2.45, 2.75) is 6.54 Å². The van der Waals surface area contributed by atoms with Crippen LogP contribution in [0.5, 0.6) is 0 Å². The third kappa shape index (κ3) is 2.48. The fourth-order valence-corrected chi connectivity index (χ4v) is 1.61. The molecule has 0 saturated heterocycles. The van der Waals surface area contributed by atoms with E-state index in [2.05, 4.69) is 15.0 Å². The van der Waals surface area contributed by atoms with Gasteiger partial charge in [0.25, 0.3) is 0 Å². The number of rotatable bonds is 3. The topological polar surface area (TPSA) is 57.0 Å². The number of esters is 1. The second kappa shape index (κ2) is 5.14. The number of carbonyl (C=O) groups excluding carboxylic acids is 1. The summed E-state index contributed by atoms with van der Waals surface area (Å²) in [6, 6.07) is 4.68. The molecule has 0 saturated carbocycles. The van der Waals surface area contributed by atoms with Gasteiger partial charge in [0.15, 0.2) is 5.69 Å². The molecule has 0 radical (unpaired) electrons. The first-order valence-electron chi connectivity index (χ1n) is 5.03. The second-order valence-corrected chi connectivity index (χ2v) is 3.91.